The molecule has 0 amide bonds. The number of rotatable bonds is 5. The number of benzene rings is 2. The van der Waals surface area contributed by atoms with Crippen LogP contribution < -0.4 is 18.9 Å². The molecule has 2 heterocycles. The lowest BCUT2D eigenvalue weighted by Gasteiger charge is -2.11. The van der Waals surface area contributed by atoms with Crippen molar-refractivity contribution in [2.24, 2.45) is 0 Å². The van der Waals surface area contributed by atoms with E-state index in [9.17, 15) is 9.90 Å². The Morgan fingerprint density at radius 2 is 1.92 bits per heavy atom. The van der Waals surface area contributed by atoms with Crippen LogP contribution in [0, 0.1) is 0 Å². The van der Waals surface area contributed by atoms with Crippen molar-refractivity contribution in [3.8, 4) is 23.0 Å². The molecule has 1 N–H and O–H groups in total. The normalized spacial score (nSPS) is 12.2. The van der Waals surface area contributed by atoms with Gasteiger partial charge in [0.05, 0.1) is 23.9 Å². The second-order valence-corrected chi connectivity index (χ2v) is 5.65. The Balaban J connectivity index is 1.69. The van der Waals surface area contributed by atoms with Crippen LogP contribution in [0.2, 0.25) is 0 Å². The van der Waals surface area contributed by atoms with E-state index in [0.29, 0.717) is 39.6 Å². The van der Waals surface area contributed by atoms with E-state index in [1.54, 1.807) is 49.6 Å². The summed E-state index contributed by atoms with van der Waals surface area (Å²) in [5, 5.41) is 10.2. The van der Waals surface area contributed by atoms with Gasteiger partial charge in [-0.3, -0.25) is 0 Å². The standard InChI is InChI=1S/C19H15NO6/c1-23-12-3-2-4-13(7-12)24-9-16-14(19(21)22)5-11-6-17-18(26-10-25-17)8-15(11)20-16/h2-8H,9-10H2,1H3,(H,21,22). The van der Waals surface area contributed by atoms with Gasteiger partial charge in [-0.1, -0.05) is 6.07 Å². The molecule has 0 spiro atoms. The molecule has 0 atom stereocenters. The fourth-order valence-electron chi connectivity index (χ4n) is 2.74. The Labute approximate surface area is 148 Å². The number of fused-ring (bicyclic) bond motifs is 2. The number of aromatic nitrogens is 1. The van der Waals surface area contributed by atoms with Crippen molar-refractivity contribution in [3.63, 3.8) is 0 Å². The predicted molar refractivity (Wildman–Crippen MR) is 92.2 cm³/mol. The number of nitrogens with zero attached hydrogens (tertiary/aromatic N) is 1. The maximum atomic E-state index is 11.6. The Morgan fingerprint density at radius 1 is 1.15 bits per heavy atom. The summed E-state index contributed by atoms with van der Waals surface area (Å²) in [6, 6.07) is 12.1. The first-order chi connectivity index (χ1) is 12.6. The maximum Gasteiger partial charge on any atom is 0.337 e. The number of hydrogen-bond donors (Lipinski definition) is 1. The summed E-state index contributed by atoms with van der Waals surface area (Å²) in [6.07, 6.45) is 0. The lowest BCUT2D eigenvalue weighted by Crippen LogP contribution is -2.08. The minimum absolute atomic E-state index is 0.0131. The second-order valence-electron chi connectivity index (χ2n) is 5.65. The van der Waals surface area contributed by atoms with Gasteiger partial charge in [0.15, 0.2) is 11.5 Å². The molecule has 0 unspecified atom stereocenters. The molecule has 1 aromatic heterocycles. The highest BCUT2D eigenvalue weighted by Crippen LogP contribution is 2.36. The van der Waals surface area contributed by atoms with Gasteiger partial charge in [0, 0.05) is 17.5 Å². The summed E-state index contributed by atoms with van der Waals surface area (Å²) in [5.74, 6) is 1.32. The molecule has 132 valence electrons. The summed E-state index contributed by atoms with van der Waals surface area (Å²) in [4.78, 5) is 16.1. The third-order valence-electron chi connectivity index (χ3n) is 4.04. The topological polar surface area (TPSA) is 87.1 Å². The first-order valence-corrected chi connectivity index (χ1v) is 7.87. The number of carboxylic acids is 1. The molecule has 26 heavy (non-hydrogen) atoms. The average molecular weight is 353 g/mol. The third-order valence-corrected chi connectivity index (χ3v) is 4.04. The molecule has 1 aliphatic heterocycles. The number of methoxy groups -OCH3 is 1. The van der Waals surface area contributed by atoms with Crippen molar-refractivity contribution in [2.75, 3.05) is 13.9 Å². The fourth-order valence-corrected chi connectivity index (χ4v) is 2.74. The molecular weight excluding hydrogens is 338 g/mol. The average Bonchev–Trinajstić information content (AvgIpc) is 3.11. The number of pyridine rings is 1. The lowest BCUT2D eigenvalue weighted by atomic mass is 10.1. The number of ether oxygens (including phenoxy) is 4. The molecule has 0 saturated carbocycles. The van der Waals surface area contributed by atoms with Crippen molar-refractivity contribution in [1.29, 1.82) is 0 Å². The van der Waals surface area contributed by atoms with Crippen molar-refractivity contribution < 1.29 is 28.8 Å². The van der Waals surface area contributed by atoms with Gasteiger partial charge < -0.3 is 24.1 Å². The first-order valence-electron chi connectivity index (χ1n) is 7.87. The smallest absolute Gasteiger partial charge is 0.337 e. The quantitative estimate of drug-likeness (QED) is 0.753. The number of aromatic carboxylic acids is 1. The van der Waals surface area contributed by atoms with Crippen LogP contribution >= 0.6 is 0 Å². The van der Waals surface area contributed by atoms with Crippen LogP contribution in [0.5, 0.6) is 23.0 Å². The van der Waals surface area contributed by atoms with Gasteiger partial charge >= 0.3 is 5.97 Å². The van der Waals surface area contributed by atoms with Crippen LogP contribution in [0.4, 0.5) is 0 Å². The fraction of sp³-hybridized carbons (Fsp3) is 0.158. The molecule has 0 radical (unpaired) electrons. The number of hydrogen-bond acceptors (Lipinski definition) is 6. The van der Waals surface area contributed by atoms with Gasteiger partial charge in [-0.25, -0.2) is 9.78 Å². The van der Waals surface area contributed by atoms with Gasteiger partial charge in [-0.15, -0.1) is 0 Å². The van der Waals surface area contributed by atoms with Crippen molar-refractivity contribution in [2.45, 2.75) is 6.61 Å². The minimum Gasteiger partial charge on any atom is -0.497 e. The largest absolute Gasteiger partial charge is 0.497 e. The molecular formula is C19H15NO6. The highest BCUT2D eigenvalue weighted by atomic mass is 16.7. The van der Waals surface area contributed by atoms with Crippen molar-refractivity contribution in [1.82, 2.24) is 4.98 Å². The molecule has 0 fully saturated rings. The van der Waals surface area contributed by atoms with Gasteiger partial charge in [0.1, 0.15) is 18.1 Å². The van der Waals surface area contributed by atoms with E-state index in [4.69, 9.17) is 18.9 Å². The van der Waals surface area contributed by atoms with Crippen LogP contribution in [-0.4, -0.2) is 30.0 Å². The van der Waals surface area contributed by atoms with Gasteiger partial charge in [0.2, 0.25) is 6.79 Å². The van der Waals surface area contributed by atoms with Crippen molar-refractivity contribution >= 4 is 16.9 Å². The molecule has 0 saturated heterocycles. The lowest BCUT2D eigenvalue weighted by molar-refractivity contribution is 0.0693. The van der Waals surface area contributed by atoms with E-state index >= 15 is 0 Å². The summed E-state index contributed by atoms with van der Waals surface area (Å²) in [6.45, 7) is 0.155. The van der Waals surface area contributed by atoms with Crippen LogP contribution in [0.25, 0.3) is 10.9 Å². The summed E-state index contributed by atoms with van der Waals surface area (Å²) < 4.78 is 21.5. The first kappa shape index (κ1) is 16.0. The number of carboxylic acid groups (broad SMARTS) is 1. The Hall–Kier alpha value is -3.48. The highest BCUT2D eigenvalue weighted by Gasteiger charge is 2.19. The monoisotopic (exact) mass is 353 g/mol. The van der Waals surface area contributed by atoms with E-state index < -0.39 is 5.97 Å². The van der Waals surface area contributed by atoms with Crippen molar-refractivity contribution in [3.05, 3.63) is 53.7 Å². The molecule has 2 aromatic carbocycles. The molecule has 0 bridgehead atoms. The van der Waals surface area contributed by atoms with Gasteiger partial charge in [-0.05, 0) is 24.3 Å². The molecule has 0 aliphatic carbocycles. The highest BCUT2D eigenvalue weighted by molar-refractivity contribution is 5.95. The maximum absolute atomic E-state index is 11.6. The zero-order chi connectivity index (χ0) is 18.1. The van der Waals surface area contributed by atoms with E-state index in [1.165, 1.54) is 0 Å². The van der Waals surface area contributed by atoms with E-state index in [0.717, 1.165) is 0 Å². The Kier molecular flexibility index (Phi) is 3.96. The van der Waals surface area contributed by atoms with Gasteiger partial charge in [-0.2, -0.15) is 0 Å². The van der Waals surface area contributed by atoms with E-state index in [1.807, 2.05) is 0 Å². The third kappa shape index (κ3) is 2.95. The van der Waals surface area contributed by atoms with Gasteiger partial charge in [0.25, 0.3) is 0 Å². The SMILES string of the molecule is COc1cccc(OCc2nc3cc4c(cc3cc2C(=O)O)OCO4)c1. The summed E-state index contributed by atoms with van der Waals surface area (Å²) >= 11 is 0. The molecule has 1 aliphatic rings. The van der Waals surface area contributed by atoms with E-state index in [2.05, 4.69) is 4.98 Å². The number of carbonyl (C=O) groups is 1. The summed E-state index contributed by atoms with van der Waals surface area (Å²) in [7, 11) is 1.57. The van der Waals surface area contributed by atoms with Crippen LogP contribution in [0.3, 0.4) is 0 Å². The summed E-state index contributed by atoms with van der Waals surface area (Å²) in [5.41, 5.74) is 1.02. The van der Waals surface area contributed by atoms with Crippen LogP contribution in [-0.2, 0) is 6.61 Å². The zero-order valence-corrected chi connectivity index (χ0v) is 13.9. The molecule has 4 rings (SSSR count). The van der Waals surface area contributed by atoms with Crippen LogP contribution in [0.15, 0.2) is 42.5 Å². The molecule has 3 aromatic rings. The van der Waals surface area contributed by atoms with E-state index in [-0.39, 0.29) is 19.0 Å². The second kappa shape index (κ2) is 6.44. The Bertz CT molecular complexity index is 1000. The molecule has 7 nitrogen and oxygen atoms in total. The Morgan fingerprint density at radius 3 is 2.69 bits per heavy atom. The minimum atomic E-state index is -1.07. The molecule has 7 heteroatoms. The van der Waals surface area contributed by atoms with Crippen LogP contribution in [0.1, 0.15) is 16.1 Å². The predicted octanol–water partition coefficient (Wildman–Crippen LogP) is 3.25. The zero-order valence-electron chi connectivity index (χ0n) is 13.9.